The van der Waals surface area contributed by atoms with Crippen molar-refractivity contribution in [3.8, 4) is 0 Å². The van der Waals surface area contributed by atoms with Crippen LogP contribution >= 0.6 is 0 Å². The number of anilines is 1. The number of allylic oxidation sites excluding steroid dienone is 4. The minimum atomic E-state index is 0.113. The Morgan fingerprint density at radius 3 is 2.21 bits per heavy atom. The lowest BCUT2D eigenvalue weighted by molar-refractivity contribution is 0.367. The molecule has 1 nitrogen and oxygen atoms in total. The Morgan fingerprint density at radius 2 is 1.68 bits per heavy atom. The molecule has 1 aromatic rings. The van der Waals surface area contributed by atoms with Crippen LogP contribution in [0.1, 0.15) is 39.7 Å². The first-order valence-electron chi connectivity index (χ1n) is 7.20. The molecule has 1 aliphatic rings. The summed E-state index contributed by atoms with van der Waals surface area (Å²) in [5.74, 6) is 1.17. The zero-order chi connectivity index (χ0) is 14.0. The highest BCUT2D eigenvalue weighted by atomic mass is 14.5. The van der Waals surface area contributed by atoms with Gasteiger partial charge in [-0.2, -0.15) is 0 Å². The third kappa shape index (κ3) is 2.60. The lowest BCUT2D eigenvalue weighted by Gasteiger charge is -2.39. The highest BCUT2D eigenvalue weighted by molar-refractivity contribution is 5.45. The molecule has 0 aliphatic heterocycles. The first-order valence-corrected chi connectivity index (χ1v) is 7.20. The quantitative estimate of drug-likeness (QED) is 0.778. The number of hydrogen-bond acceptors (Lipinski definition) is 1. The lowest BCUT2D eigenvalue weighted by Crippen LogP contribution is -2.32. The van der Waals surface area contributed by atoms with Crippen molar-refractivity contribution < 1.29 is 0 Å². The van der Waals surface area contributed by atoms with E-state index in [2.05, 4.69) is 58.1 Å². The Kier molecular flexibility index (Phi) is 3.84. The molecule has 0 saturated heterocycles. The normalized spacial score (nSPS) is 22.9. The molecule has 0 heterocycles. The van der Waals surface area contributed by atoms with E-state index in [-0.39, 0.29) is 5.41 Å². The van der Waals surface area contributed by atoms with Gasteiger partial charge in [0, 0.05) is 11.1 Å². The molecule has 0 saturated carbocycles. The monoisotopic (exact) mass is 255 g/mol. The summed E-state index contributed by atoms with van der Waals surface area (Å²) in [6, 6.07) is 8.40. The van der Waals surface area contributed by atoms with Crippen LogP contribution in [0.5, 0.6) is 0 Å². The van der Waals surface area contributed by atoms with E-state index in [1.54, 1.807) is 0 Å². The van der Waals surface area contributed by atoms with E-state index in [0.29, 0.717) is 11.8 Å². The average molecular weight is 255 g/mol. The second-order valence-electron chi connectivity index (χ2n) is 6.25. The molecule has 1 aliphatic carbocycles. The molecule has 0 aromatic heterocycles. The third-order valence-corrected chi connectivity index (χ3v) is 4.42. The zero-order valence-electron chi connectivity index (χ0n) is 12.5. The van der Waals surface area contributed by atoms with Gasteiger partial charge in [-0.25, -0.2) is 0 Å². The maximum absolute atomic E-state index is 5.82. The molecule has 1 aromatic carbocycles. The van der Waals surface area contributed by atoms with Gasteiger partial charge in [0.2, 0.25) is 0 Å². The van der Waals surface area contributed by atoms with Crippen LogP contribution in [-0.2, 0) is 5.41 Å². The minimum Gasteiger partial charge on any atom is -0.399 e. The predicted molar refractivity (Wildman–Crippen MR) is 84.0 cm³/mol. The fourth-order valence-electron chi connectivity index (χ4n) is 2.92. The largest absolute Gasteiger partial charge is 0.399 e. The fraction of sp³-hybridized carbons (Fsp3) is 0.444. The topological polar surface area (TPSA) is 26.0 Å². The second kappa shape index (κ2) is 5.24. The first-order chi connectivity index (χ1) is 8.95. The van der Waals surface area contributed by atoms with Crippen molar-refractivity contribution in [3.63, 3.8) is 0 Å². The molecule has 1 heteroatoms. The Bertz CT molecular complexity index is 491. The fourth-order valence-corrected chi connectivity index (χ4v) is 2.92. The molecule has 102 valence electrons. The summed E-state index contributed by atoms with van der Waals surface area (Å²) in [6.07, 6.45) is 8.00. The van der Waals surface area contributed by atoms with Gasteiger partial charge in [0.15, 0.2) is 0 Å². The Hall–Kier alpha value is -1.50. The van der Waals surface area contributed by atoms with Gasteiger partial charge >= 0.3 is 0 Å². The predicted octanol–water partition coefficient (Wildman–Crippen LogP) is 4.70. The van der Waals surface area contributed by atoms with Gasteiger partial charge in [-0.3, -0.25) is 0 Å². The summed E-state index contributed by atoms with van der Waals surface area (Å²) in [7, 11) is 0. The summed E-state index contributed by atoms with van der Waals surface area (Å²) in [5, 5.41) is 0. The lowest BCUT2D eigenvalue weighted by atomic mass is 9.65. The van der Waals surface area contributed by atoms with Crippen molar-refractivity contribution >= 4 is 5.69 Å². The van der Waals surface area contributed by atoms with Crippen LogP contribution in [0.15, 0.2) is 48.1 Å². The maximum Gasteiger partial charge on any atom is 0.0314 e. The summed E-state index contributed by atoms with van der Waals surface area (Å²) < 4.78 is 0. The highest BCUT2D eigenvalue weighted by Gasteiger charge is 2.35. The summed E-state index contributed by atoms with van der Waals surface area (Å²) in [4.78, 5) is 0. The van der Waals surface area contributed by atoms with Gasteiger partial charge in [0.1, 0.15) is 0 Å². The molecular formula is C18H25N. The SMILES string of the molecule is CC(C)C1=CC=CC(c2ccc(N)cc2)(C(C)C)C1. The van der Waals surface area contributed by atoms with Crippen LogP contribution in [0, 0.1) is 11.8 Å². The number of nitrogens with two attached hydrogens (primary N) is 1. The van der Waals surface area contributed by atoms with Gasteiger partial charge in [-0.1, -0.05) is 63.6 Å². The molecule has 1 atom stereocenters. The zero-order valence-corrected chi connectivity index (χ0v) is 12.5. The maximum atomic E-state index is 5.82. The van der Waals surface area contributed by atoms with E-state index in [1.165, 1.54) is 11.1 Å². The number of rotatable bonds is 3. The number of hydrogen-bond donors (Lipinski definition) is 1. The average Bonchev–Trinajstić information content (AvgIpc) is 2.39. The van der Waals surface area contributed by atoms with Crippen LogP contribution in [0.2, 0.25) is 0 Å². The molecule has 1 unspecified atom stereocenters. The molecule has 0 radical (unpaired) electrons. The van der Waals surface area contributed by atoms with Crippen LogP contribution in [0.25, 0.3) is 0 Å². The minimum absolute atomic E-state index is 0.113. The second-order valence-corrected chi connectivity index (χ2v) is 6.25. The Morgan fingerprint density at radius 1 is 1.05 bits per heavy atom. The number of benzene rings is 1. The van der Waals surface area contributed by atoms with Crippen LogP contribution in [0.4, 0.5) is 5.69 Å². The highest BCUT2D eigenvalue weighted by Crippen LogP contribution is 2.43. The van der Waals surface area contributed by atoms with Crippen molar-refractivity contribution in [2.45, 2.75) is 39.5 Å². The van der Waals surface area contributed by atoms with E-state index in [0.717, 1.165) is 12.1 Å². The summed E-state index contributed by atoms with van der Waals surface area (Å²) in [5.41, 5.74) is 9.68. The van der Waals surface area contributed by atoms with E-state index in [1.807, 2.05) is 12.1 Å². The summed E-state index contributed by atoms with van der Waals surface area (Å²) >= 11 is 0. The van der Waals surface area contributed by atoms with Crippen molar-refractivity contribution in [1.82, 2.24) is 0 Å². The molecule has 0 amide bonds. The standard InChI is InChI=1S/C18H25N/c1-13(2)15-6-5-11-18(12-15,14(3)4)16-7-9-17(19)10-8-16/h5-11,13-14H,12,19H2,1-4H3. The van der Waals surface area contributed by atoms with E-state index < -0.39 is 0 Å². The number of nitrogen functional groups attached to an aromatic ring is 1. The molecule has 2 N–H and O–H groups in total. The molecule has 0 bridgehead atoms. The van der Waals surface area contributed by atoms with Crippen LogP contribution in [-0.4, -0.2) is 0 Å². The molecule has 0 fully saturated rings. The Balaban J connectivity index is 2.43. The van der Waals surface area contributed by atoms with Crippen molar-refractivity contribution in [1.29, 1.82) is 0 Å². The third-order valence-electron chi connectivity index (χ3n) is 4.42. The van der Waals surface area contributed by atoms with Gasteiger partial charge in [-0.05, 0) is 36.0 Å². The van der Waals surface area contributed by atoms with Gasteiger partial charge < -0.3 is 5.73 Å². The van der Waals surface area contributed by atoms with Gasteiger partial charge in [0.05, 0.1) is 0 Å². The van der Waals surface area contributed by atoms with Crippen molar-refractivity contribution in [2.24, 2.45) is 11.8 Å². The molecule has 19 heavy (non-hydrogen) atoms. The Labute approximate surface area is 117 Å². The van der Waals surface area contributed by atoms with Crippen LogP contribution < -0.4 is 5.73 Å². The molecular weight excluding hydrogens is 230 g/mol. The smallest absolute Gasteiger partial charge is 0.0314 e. The van der Waals surface area contributed by atoms with Gasteiger partial charge in [-0.15, -0.1) is 0 Å². The van der Waals surface area contributed by atoms with E-state index in [9.17, 15) is 0 Å². The van der Waals surface area contributed by atoms with Gasteiger partial charge in [0.25, 0.3) is 0 Å². The van der Waals surface area contributed by atoms with Crippen molar-refractivity contribution in [2.75, 3.05) is 5.73 Å². The van der Waals surface area contributed by atoms with E-state index >= 15 is 0 Å². The first kappa shape index (κ1) is 13.9. The van der Waals surface area contributed by atoms with Crippen LogP contribution in [0.3, 0.4) is 0 Å². The molecule has 2 rings (SSSR count). The molecule has 0 spiro atoms. The van der Waals surface area contributed by atoms with Crippen molar-refractivity contribution in [3.05, 3.63) is 53.6 Å². The van der Waals surface area contributed by atoms with E-state index in [4.69, 9.17) is 5.73 Å². The summed E-state index contributed by atoms with van der Waals surface area (Å²) in [6.45, 7) is 9.17.